The maximum absolute atomic E-state index is 12.1. The molecule has 1 aromatic rings. The number of hydrogen-bond acceptors (Lipinski definition) is 3. The first kappa shape index (κ1) is 13.1. The molecule has 1 atom stereocenters. The zero-order valence-corrected chi connectivity index (χ0v) is 10.6. The summed E-state index contributed by atoms with van der Waals surface area (Å²) in [6.07, 6.45) is -0.0994. The number of aliphatic hydroxyl groups excluding tert-OH is 1. The fourth-order valence-electron chi connectivity index (χ4n) is 2.09. The average Bonchev–Trinajstić information content (AvgIpc) is 2.37. The molecule has 0 bridgehead atoms. The summed E-state index contributed by atoms with van der Waals surface area (Å²) in [6.45, 7) is 3.80. The molecule has 0 saturated carbocycles. The standard InChI is InChI=1S/C14H19NO3/c1-11-2-4-12(5-3-11)10-15-7-9-18-13(6-8-16)14(15)17/h2-5,13,16H,6-10H2,1H3. The van der Waals surface area contributed by atoms with Crippen molar-refractivity contribution in [3.05, 3.63) is 35.4 Å². The van der Waals surface area contributed by atoms with Crippen molar-refractivity contribution in [2.24, 2.45) is 0 Å². The van der Waals surface area contributed by atoms with Crippen molar-refractivity contribution in [2.75, 3.05) is 19.8 Å². The highest BCUT2D eigenvalue weighted by atomic mass is 16.5. The number of aryl methyl sites for hydroxylation is 1. The molecule has 0 aromatic heterocycles. The first-order valence-electron chi connectivity index (χ1n) is 6.27. The molecule has 1 aliphatic rings. The Labute approximate surface area is 107 Å². The fraction of sp³-hybridized carbons (Fsp3) is 0.500. The van der Waals surface area contributed by atoms with E-state index in [1.54, 1.807) is 4.90 Å². The highest BCUT2D eigenvalue weighted by Crippen LogP contribution is 2.14. The molecule has 0 spiro atoms. The molecule has 1 aliphatic heterocycles. The topological polar surface area (TPSA) is 49.8 Å². The van der Waals surface area contributed by atoms with Gasteiger partial charge in [-0.25, -0.2) is 0 Å². The molecular formula is C14H19NO3. The molecule has 4 heteroatoms. The zero-order chi connectivity index (χ0) is 13.0. The first-order valence-corrected chi connectivity index (χ1v) is 6.27. The number of carbonyl (C=O) groups excluding carboxylic acids is 1. The van der Waals surface area contributed by atoms with Gasteiger partial charge in [-0.05, 0) is 12.5 Å². The van der Waals surface area contributed by atoms with Crippen LogP contribution >= 0.6 is 0 Å². The number of ether oxygens (including phenoxy) is 1. The number of nitrogens with zero attached hydrogens (tertiary/aromatic N) is 1. The van der Waals surface area contributed by atoms with Gasteiger partial charge in [0.15, 0.2) is 0 Å². The Balaban J connectivity index is 2.00. The van der Waals surface area contributed by atoms with Crippen molar-refractivity contribution in [2.45, 2.75) is 26.0 Å². The number of hydrogen-bond donors (Lipinski definition) is 1. The summed E-state index contributed by atoms with van der Waals surface area (Å²) in [5, 5.41) is 8.89. The molecule has 2 rings (SSSR count). The molecule has 1 heterocycles. The van der Waals surface area contributed by atoms with Gasteiger partial charge in [0.2, 0.25) is 0 Å². The van der Waals surface area contributed by atoms with Gasteiger partial charge in [-0.2, -0.15) is 0 Å². The summed E-state index contributed by atoms with van der Waals surface area (Å²) in [4.78, 5) is 13.9. The van der Waals surface area contributed by atoms with Gasteiger partial charge in [0.05, 0.1) is 6.61 Å². The van der Waals surface area contributed by atoms with Gasteiger partial charge in [-0.15, -0.1) is 0 Å². The van der Waals surface area contributed by atoms with Gasteiger partial charge in [0.25, 0.3) is 5.91 Å². The van der Waals surface area contributed by atoms with Gasteiger partial charge < -0.3 is 14.7 Å². The summed E-state index contributed by atoms with van der Waals surface area (Å²) in [7, 11) is 0. The minimum atomic E-state index is -0.478. The minimum absolute atomic E-state index is 0.0177. The Bertz CT molecular complexity index is 400. The molecule has 1 unspecified atom stereocenters. The Morgan fingerprint density at radius 1 is 1.39 bits per heavy atom. The molecule has 18 heavy (non-hydrogen) atoms. The van der Waals surface area contributed by atoms with E-state index >= 15 is 0 Å². The van der Waals surface area contributed by atoms with E-state index < -0.39 is 6.10 Å². The third-order valence-electron chi connectivity index (χ3n) is 3.15. The Hall–Kier alpha value is -1.39. The number of rotatable bonds is 4. The third kappa shape index (κ3) is 3.09. The Kier molecular flexibility index (Phi) is 4.33. The average molecular weight is 249 g/mol. The lowest BCUT2D eigenvalue weighted by atomic mass is 10.1. The maximum atomic E-state index is 12.1. The van der Waals surface area contributed by atoms with Crippen molar-refractivity contribution in [3.8, 4) is 0 Å². The molecule has 1 aromatic carbocycles. The summed E-state index contributed by atoms with van der Waals surface area (Å²) < 4.78 is 5.37. The van der Waals surface area contributed by atoms with Crippen LogP contribution in [0.1, 0.15) is 17.5 Å². The second-order valence-corrected chi connectivity index (χ2v) is 4.62. The maximum Gasteiger partial charge on any atom is 0.252 e. The number of carbonyl (C=O) groups is 1. The van der Waals surface area contributed by atoms with Crippen molar-refractivity contribution in [3.63, 3.8) is 0 Å². The van der Waals surface area contributed by atoms with Crippen LogP contribution in [0, 0.1) is 6.92 Å². The van der Waals surface area contributed by atoms with Gasteiger partial charge in [-0.1, -0.05) is 29.8 Å². The zero-order valence-electron chi connectivity index (χ0n) is 10.6. The normalized spacial score (nSPS) is 20.2. The predicted octanol–water partition coefficient (Wildman–Crippen LogP) is 1.10. The van der Waals surface area contributed by atoms with Crippen LogP contribution < -0.4 is 0 Å². The summed E-state index contributed by atoms with van der Waals surface area (Å²) in [5.74, 6) is -0.0177. The molecule has 1 N–H and O–H groups in total. The second-order valence-electron chi connectivity index (χ2n) is 4.62. The van der Waals surface area contributed by atoms with E-state index in [-0.39, 0.29) is 12.5 Å². The van der Waals surface area contributed by atoms with E-state index in [1.807, 2.05) is 31.2 Å². The first-order chi connectivity index (χ1) is 8.70. The summed E-state index contributed by atoms with van der Waals surface area (Å²) >= 11 is 0. The van der Waals surface area contributed by atoms with Crippen molar-refractivity contribution < 1.29 is 14.6 Å². The van der Waals surface area contributed by atoms with Crippen LogP contribution in [0.4, 0.5) is 0 Å². The van der Waals surface area contributed by atoms with E-state index in [0.29, 0.717) is 26.1 Å². The predicted molar refractivity (Wildman–Crippen MR) is 68.0 cm³/mol. The number of aliphatic hydroxyl groups is 1. The SMILES string of the molecule is Cc1ccc(CN2CCOC(CCO)C2=O)cc1. The van der Waals surface area contributed by atoms with Gasteiger partial charge >= 0.3 is 0 Å². The van der Waals surface area contributed by atoms with Crippen molar-refractivity contribution >= 4 is 5.91 Å². The molecule has 1 saturated heterocycles. The van der Waals surface area contributed by atoms with Crippen LogP contribution in [0.15, 0.2) is 24.3 Å². The van der Waals surface area contributed by atoms with Crippen LogP contribution in [0.5, 0.6) is 0 Å². The monoisotopic (exact) mass is 249 g/mol. The van der Waals surface area contributed by atoms with E-state index in [1.165, 1.54) is 5.56 Å². The molecule has 1 fully saturated rings. The molecular weight excluding hydrogens is 230 g/mol. The highest BCUT2D eigenvalue weighted by Gasteiger charge is 2.28. The van der Waals surface area contributed by atoms with E-state index in [9.17, 15) is 4.79 Å². The Morgan fingerprint density at radius 2 is 2.11 bits per heavy atom. The quantitative estimate of drug-likeness (QED) is 0.869. The van der Waals surface area contributed by atoms with Crippen LogP contribution in [0.2, 0.25) is 0 Å². The summed E-state index contributed by atoms with van der Waals surface area (Å²) in [5.41, 5.74) is 2.34. The van der Waals surface area contributed by atoms with Gasteiger partial charge in [0.1, 0.15) is 6.10 Å². The third-order valence-corrected chi connectivity index (χ3v) is 3.15. The second kappa shape index (κ2) is 5.98. The van der Waals surface area contributed by atoms with Crippen molar-refractivity contribution in [1.82, 2.24) is 4.90 Å². The smallest absolute Gasteiger partial charge is 0.252 e. The highest BCUT2D eigenvalue weighted by molar-refractivity contribution is 5.81. The number of benzene rings is 1. The molecule has 98 valence electrons. The van der Waals surface area contributed by atoms with E-state index in [4.69, 9.17) is 9.84 Å². The van der Waals surface area contributed by atoms with Gasteiger partial charge in [0, 0.05) is 26.1 Å². The van der Waals surface area contributed by atoms with E-state index in [2.05, 4.69) is 0 Å². The lowest BCUT2D eigenvalue weighted by molar-refractivity contribution is -0.154. The van der Waals surface area contributed by atoms with Crippen LogP contribution in [-0.4, -0.2) is 41.8 Å². The lowest BCUT2D eigenvalue weighted by Crippen LogP contribution is -2.47. The van der Waals surface area contributed by atoms with Crippen LogP contribution in [-0.2, 0) is 16.1 Å². The summed E-state index contributed by atoms with van der Waals surface area (Å²) in [6, 6.07) is 8.18. The number of morpholine rings is 1. The van der Waals surface area contributed by atoms with Crippen molar-refractivity contribution in [1.29, 1.82) is 0 Å². The molecule has 0 radical (unpaired) electrons. The fourth-order valence-corrected chi connectivity index (χ4v) is 2.09. The largest absolute Gasteiger partial charge is 0.396 e. The van der Waals surface area contributed by atoms with Crippen LogP contribution in [0.25, 0.3) is 0 Å². The lowest BCUT2D eigenvalue weighted by Gasteiger charge is -2.32. The Morgan fingerprint density at radius 3 is 2.78 bits per heavy atom. The minimum Gasteiger partial charge on any atom is -0.396 e. The van der Waals surface area contributed by atoms with Gasteiger partial charge in [-0.3, -0.25) is 4.79 Å². The molecule has 0 aliphatic carbocycles. The number of amides is 1. The van der Waals surface area contributed by atoms with E-state index in [0.717, 1.165) is 5.56 Å². The molecule has 4 nitrogen and oxygen atoms in total. The van der Waals surface area contributed by atoms with Crippen LogP contribution in [0.3, 0.4) is 0 Å². The molecule has 1 amide bonds.